The number of hydrogen-bond acceptors (Lipinski definition) is 4. The van der Waals surface area contributed by atoms with Crippen LogP contribution in [0, 0.1) is 0 Å². The van der Waals surface area contributed by atoms with Gasteiger partial charge in [0.1, 0.15) is 0 Å². The molecule has 1 heterocycles. The van der Waals surface area contributed by atoms with Crippen LogP contribution in [0.25, 0.3) is 17.1 Å². The van der Waals surface area contributed by atoms with Gasteiger partial charge in [-0.15, -0.1) is 5.10 Å². The van der Waals surface area contributed by atoms with E-state index in [9.17, 15) is 4.79 Å². The molecule has 0 aliphatic rings. The fourth-order valence-electron chi connectivity index (χ4n) is 2.88. The molecule has 0 spiro atoms. The minimum atomic E-state index is -0.256. The van der Waals surface area contributed by atoms with Crippen LogP contribution in [0.2, 0.25) is 0 Å². The first-order chi connectivity index (χ1) is 13.2. The predicted molar refractivity (Wildman–Crippen MR) is 107 cm³/mol. The number of nitrogens with one attached hydrogen (secondary N) is 1. The van der Waals surface area contributed by atoms with E-state index in [1.54, 1.807) is 4.68 Å². The summed E-state index contributed by atoms with van der Waals surface area (Å²) in [4.78, 5) is 19.3. The molecule has 0 aliphatic carbocycles. The molecule has 0 fully saturated rings. The largest absolute Gasteiger partial charge is 0.348 e. The van der Waals surface area contributed by atoms with Crippen LogP contribution < -0.4 is 5.32 Å². The maximum Gasteiger partial charge on any atom is 0.291 e. The number of hydrogen-bond donors (Lipinski definition) is 1. The highest BCUT2D eigenvalue weighted by Crippen LogP contribution is 2.20. The normalized spacial score (nSPS) is 10.9. The third-order valence-corrected chi connectivity index (χ3v) is 4.45. The van der Waals surface area contributed by atoms with Crippen LogP contribution in [0.15, 0.2) is 60.7 Å². The topological polar surface area (TPSA) is 63.1 Å². The van der Waals surface area contributed by atoms with Gasteiger partial charge < -0.3 is 10.2 Å². The monoisotopic (exact) mass is 363 g/mol. The molecule has 1 aromatic heterocycles. The van der Waals surface area contributed by atoms with Gasteiger partial charge in [-0.3, -0.25) is 4.79 Å². The molecule has 2 aromatic carbocycles. The summed E-state index contributed by atoms with van der Waals surface area (Å²) < 4.78 is 1.72. The predicted octanol–water partition coefficient (Wildman–Crippen LogP) is 3.01. The van der Waals surface area contributed by atoms with Gasteiger partial charge in [-0.2, -0.15) is 0 Å². The Labute approximate surface area is 159 Å². The molecule has 140 valence electrons. The Kier molecular flexibility index (Phi) is 6.33. The third kappa shape index (κ3) is 4.60. The molecule has 3 aromatic rings. The summed E-state index contributed by atoms with van der Waals surface area (Å²) in [7, 11) is 0. The molecule has 0 bridgehead atoms. The maximum absolute atomic E-state index is 12.6. The van der Waals surface area contributed by atoms with E-state index in [1.165, 1.54) is 0 Å². The van der Waals surface area contributed by atoms with Crippen molar-refractivity contribution in [2.24, 2.45) is 0 Å². The van der Waals surface area contributed by atoms with Crippen molar-refractivity contribution in [2.75, 3.05) is 26.2 Å². The Morgan fingerprint density at radius 2 is 1.63 bits per heavy atom. The Morgan fingerprint density at radius 1 is 1.00 bits per heavy atom. The number of nitrogens with zero attached hydrogens (tertiary/aromatic N) is 4. The van der Waals surface area contributed by atoms with Gasteiger partial charge >= 0.3 is 0 Å². The van der Waals surface area contributed by atoms with Crippen molar-refractivity contribution in [3.8, 4) is 17.1 Å². The number of carbonyl (C=O) groups excluding carboxylic acids is 1. The number of carbonyl (C=O) groups is 1. The molecule has 6 nitrogen and oxygen atoms in total. The maximum atomic E-state index is 12.6. The molecule has 3 rings (SSSR count). The summed E-state index contributed by atoms with van der Waals surface area (Å²) in [5.41, 5.74) is 1.78. The second-order valence-corrected chi connectivity index (χ2v) is 6.16. The average Bonchev–Trinajstić information content (AvgIpc) is 3.18. The lowest BCUT2D eigenvalue weighted by atomic mass is 10.2. The van der Waals surface area contributed by atoms with Crippen LogP contribution in [0.1, 0.15) is 24.5 Å². The highest BCUT2D eigenvalue weighted by atomic mass is 16.2. The molecule has 0 saturated heterocycles. The Morgan fingerprint density at radius 3 is 2.26 bits per heavy atom. The molecule has 0 saturated carbocycles. The molecule has 0 atom stereocenters. The molecule has 1 amide bonds. The number of para-hydroxylation sites is 1. The highest BCUT2D eigenvalue weighted by molar-refractivity contribution is 5.91. The summed E-state index contributed by atoms with van der Waals surface area (Å²) in [6.07, 6.45) is 0. The van der Waals surface area contributed by atoms with E-state index in [0.29, 0.717) is 12.4 Å². The van der Waals surface area contributed by atoms with Crippen molar-refractivity contribution in [1.82, 2.24) is 25.0 Å². The Bertz CT molecular complexity index is 800. The Hall–Kier alpha value is -2.99. The van der Waals surface area contributed by atoms with Crippen LogP contribution in [-0.4, -0.2) is 51.8 Å². The molecular weight excluding hydrogens is 338 g/mol. The van der Waals surface area contributed by atoms with Crippen LogP contribution in [0.5, 0.6) is 0 Å². The molecular formula is C21H25N5O. The average molecular weight is 363 g/mol. The summed E-state index contributed by atoms with van der Waals surface area (Å²) in [5, 5.41) is 7.40. The smallest absolute Gasteiger partial charge is 0.291 e. The van der Waals surface area contributed by atoms with E-state index in [-0.39, 0.29) is 11.7 Å². The minimum Gasteiger partial charge on any atom is -0.348 e. The summed E-state index contributed by atoms with van der Waals surface area (Å²) in [5.74, 6) is 0.571. The first-order valence-electron chi connectivity index (χ1n) is 9.31. The van der Waals surface area contributed by atoms with Crippen molar-refractivity contribution in [3.05, 3.63) is 66.5 Å². The zero-order valence-corrected chi connectivity index (χ0v) is 15.8. The van der Waals surface area contributed by atoms with Crippen molar-refractivity contribution in [1.29, 1.82) is 0 Å². The summed E-state index contributed by atoms with van der Waals surface area (Å²) in [6.45, 7) is 7.53. The summed E-state index contributed by atoms with van der Waals surface area (Å²) >= 11 is 0. The molecule has 0 unspecified atom stereocenters. The number of rotatable bonds is 8. The Balaban J connectivity index is 1.84. The van der Waals surface area contributed by atoms with E-state index in [4.69, 9.17) is 0 Å². The highest BCUT2D eigenvalue weighted by Gasteiger charge is 2.18. The van der Waals surface area contributed by atoms with Crippen LogP contribution in [-0.2, 0) is 0 Å². The molecule has 0 radical (unpaired) electrons. The van der Waals surface area contributed by atoms with Crippen LogP contribution in [0.3, 0.4) is 0 Å². The lowest BCUT2D eigenvalue weighted by molar-refractivity contribution is 0.0938. The summed E-state index contributed by atoms with van der Waals surface area (Å²) in [6, 6.07) is 19.5. The van der Waals surface area contributed by atoms with E-state index in [0.717, 1.165) is 30.9 Å². The lowest BCUT2D eigenvalue weighted by Crippen LogP contribution is -2.35. The van der Waals surface area contributed by atoms with Gasteiger partial charge in [-0.05, 0) is 25.2 Å². The zero-order valence-electron chi connectivity index (χ0n) is 15.8. The van der Waals surface area contributed by atoms with Gasteiger partial charge in [0.2, 0.25) is 5.82 Å². The van der Waals surface area contributed by atoms with Crippen LogP contribution in [0.4, 0.5) is 0 Å². The number of amides is 1. The quantitative estimate of drug-likeness (QED) is 0.668. The second kappa shape index (κ2) is 9.09. The van der Waals surface area contributed by atoms with Gasteiger partial charge in [0.15, 0.2) is 5.82 Å². The van der Waals surface area contributed by atoms with E-state index >= 15 is 0 Å². The first-order valence-corrected chi connectivity index (χ1v) is 9.31. The lowest BCUT2D eigenvalue weighted by Gasteiger charge is -2.17. The second-order valence-electron chi connectivity index (χ2n) is 6.16. The molecule has 1 N–H and O–H groups in total. The molecule has 6 heteroatoms. The van der Waals surface area contributed by atoms with E-state index in [2.05, 4.69) is 34.1 Å². The van der Waals surface area contributed by atoms with Gasteiger partial charge in [-0.25, -0.2) is 9.67 Å². The van der Waals surface area contributed by atoms with Crippen molar-refractivity contribution >= 4 is 5.91 Å². The van der Waals surface area contributed by atoms with Crippen molar-refractivity contribution in [3.63, 3.8) is 0 Å². The number of benzene rings is 2. The van der Waals surface area contributed by atoms with E-state index in [1.807, 2.05) is 60.7 Å². The van der Waals surface area contributed by atoms with Crippen LogP contribution >= 0.6 is 0 Å². The molecule has 27 heavy (non-hydrogen) atoms. The number of aromatic nitrogens is 3. The first kappa shape index (κ1) is 18.8. The van der Waals surface area contributed by atoms with Gasteiger partial charge in [-0.1, -0.05) is 62.4 Å². The zero-order chi connectivity index (χ0) is 19.1. The fraction of sp³-hybridized carbons (Fsp3) is 0.286. The van der Waals surface area contributed by atoms with E-state index < -0.39 is 0 Å². The van der Waals surface area contributed by atoms with Crippen molar-refractivity contribution < 1.29 is 4.79 Å². The standard InChI is InChI=1S/C21H25N5O/c1-3-25(4-2)16-15-22-21(27)19-23-20(17-11-7-5-8-12-17)26(24-19)18-13-9-6-10-14-18/h5-14H,3-4,15-16H2,1-2H3,(H,22,27). The molecule has 0 aliphatic heterocycles. The van der Waals surface area contributed by atoms with Gasteiger partial charge in [0, 0.05) is 18.7 Å². The van der Waals surface area contributed by atoms with Crippen molar-refractivity contribution in [2.45, 2.75) is 13.8 Å². The SMILES string of the molecule is CCN(CC)CCNC(=O)c1nc(-c2ccccc2)n(-c2ccccc2)n1. The fourth-order valence-corrected chi connectivity index (χ4v) is 2.88. The third-order valence-electron chi connectivity index (χ3n) is 4.45. The minimum absolute atomic E-state index is 0.178. The van der Waals surface area contributed by atoms with Gasteiger partial charge in [0.05, 0.1) is 5.69 Å². The van der Waals surface area contributed by atoms with Gasteiger partial charge in [0.25, 0.3) is 5.91 Å². The number of likely N-dealkylation sites (N-methyl/N-ethyl adjacent to an activating group) is 1.